The summed E-state index contributed by atoms with van der Waals surface area (Å²) in [7, 11) is 0. The zero-order chi connectivity index (χ0) is 13.0. The number of aromatic nitrogens is 2. The molecule has 0 unspecified atom stereocenters. The van der Waals surface area contributed by atoms with Crippen molar-refractivity contribution in [2.75, 3.05) is 30.5 Å². The second-order valence-corrected chi connectivity index (χ2v) is 5.66. The van der Waals surface area contributed by atoms with E-state index >= 15 is 0 Å². The molecule has 1 heterocycles. The fourth-order valence-corrected chi connectivity index (χ4v) is 2.81. The largest absolute Gasteiger partial charge is 0.396 e. The van der Waals surface area contributed by atoms with Crippen LogP contribution in [0.25, 0.3) is 0 Å². The number of nitrogens with two attached hydrogens (primary N) is 1. The second kappa shape index (κ2) is 5.75. The lowest BCUT2D eigenvalue weighted by atomic mass is 9.87. The fraction of sp³-hybridized carbons (Fsp3) is 0.667. The van der Waals surface area contributed by atoms with Crippen molar-refractivity contribution in [3.05, 3.63) is 6.07 Å². The molecule has 0 radical (unpaired) electrons. The van der Waals surface area contributed by atoms with E-state index in [1.807, 2.05) is 6.26 Å². The summed E-state index contributed by atoms with van der Waals surface area (Å²) >= 11 is 1.47. The molecule has 5 nitrogen and oxygen atoms in total. The molecule has 0 aliphatic heterocycles. The number of aliphatic hydroxyl groups is 1. The van der Waals surface area contributed by atoms with Crippen molar-refractivity contribution >= 4 is 23.4 Å². The van der Waals surface area contributed by atoms with Crippen molar-refractivity contribution < 1.29 is 5.11 Å². The molecule has 18 heavy (non-hydrogen) atoms. The number of aliphatic hydroxyl groups excluding tert-OH is 1. The summed E-state index contributed by atoms with van der Waals surface area (Å²) in [5.74, 6) is 1.22. The van der Waals surface area contributed by atoms with Crippen LogP contribution in [-0.4, -0.2) is 34.5 Å². The Kier molecular flexibility index (Phi) is 4.29. The van der Waals surface area contributed by atoms with Crippen LogP contribution in [0, 0.1) is 5.41 Å². The van der Waals surface area contributed by atoms with Crippen LogP contribution < -0.4 is 11.1 Å². The maximum absolute atomic E-state index is 9.55. The van der Waals surface area contributed by atoms with Crippen LogP contribution in [0.3, 0.4) is 0 Å². The van der Waals surface area contributed by atoms with Gasteiger partial charge in [-0.25, -0.2) is 9.97 Å². The molecule has 1 aliphatic rings. The normalized spacial score (nSPS) is 17.9. The van der Waals surface area contributed by atoms with Gasteiger partial charge in [-0.2, -0.15) is 0 Å². The summed E-state index contributed by atoms with van der Waals surface area (Å²) in [5, 5.41) is 13.5. The van der Waals surface area contributed by atoms with Crippen molar-refractivity contribution in [1.29, 1.82) is 0 Å². The molecule has 1 aliphatic carbocycles. The molecule has 2 rings (SSSR count). The minimum atomic E-state index is 0.0131. The lowest BCUT2D eigenvalue weighted by Crippen LogP contribution is -2.30. The van der Waals surface area contributed by atoms with Crippen LogP contribution in [0.2, 0.25) is 0 Å². The van der Waals surface area contributed by atoms with E-state index < -0.39 is 0 Å². The number of nitrogens with zero attached hydrogens (tertiary/aromatic N) is 2. The number of anilines is 2. The number of thioether (sulfide) groups is 1. The molecular weight excluding hydrogens is 248 g/mol. The molecule has 0 spiro atoms. The van der Waals surface area contributed by atoms with Gasteiger partial charge < -0.3 is 16.2 Å². The van der Waals surface area contributed by atoms with Gasteiger partial charge in [-0.05, 0) is 19.1 Å². The first-order valence-corrected chi connectivity index (χ1v) is 7.43. The van der Waals surface area contributed by atoms with Gasteiger partial charge in [0.25, 0.3) is 0 Å². The summed E-state index contributed by atoms with van der Waals surface area (Å²) < 4.78 is 0. The Morgan fingerprint density at radius 2 is 2.17 bits per heavy atom. The van der Waals surface area contributed by atoms with Gasteiger partial charge in [0.15, 0.2) is 5.16 Å². The average Bonchev–Trinajstić information content (AvgIpc) is 2.85. The number of rotatable bonds is 5. The lowest BCUT2D eigenvalue weighted by Gasteiger charge is -2.26. The second-order valence-electron chi connectivity index (χ2n) is 4.88. The van der Waals surface area contributed by atoms with E-state index in [0.717, 1.165) is 25.2 Å². The summed E-state index contributed by atoms with van der Waals surface area (Å²) in [5.41, 5.74) is 5.74. The van der Waals surface area contributed by atoms with E-state index in [1.54, 1.807) is 6.07 Å². The molecule has 1 saturated carbocycles. The van der Waals surface area contributed by atoms with E-state index in [0.29, 0.717) is 11.0 Å². The quantitative estimate of drug-likeness (QED) is 0.557. The van der Waals surface area contributed by atoms with Crippen molar-refractivity contribution in [3.63, 3.8) is 0 Å². The lowest BCUT2D eigenvalue weighted by molar-refractivity contribution is 0.142. The van der Waals surface area contributed by atoms with Gasteiger partial charge in [0.2, 0.25) is 0 Å². The minimum Gasteiger partial charge on any atom is -0.396 e. The van der Waals surface area contributed by atoms with Crippen LogP contribution in [0.15, 0.2) is 11.2 Å². The molecule has 0 aromatic carbocycles. The third-order valence-corrected chi connectivity index (χ3v) is 4.10. The molecule has 4 N–H and O–H groups in total. The van der Waals surface area contributed by atoms with Crippen LogP contribution in [0.1, 0.15) is 25.7 Å². The summed E-state index contributed by atoms with van der Waals surface area (Å²) in [6.07, 6.45) is 6.47. The maximum atomic E-state index is 9.55. The predicted molar refractivity (Wildman–Crippen MR) is 74.7 cm³/mol. The standard InChI is InChI=1S/C12H20N4OS/c1-18-11-15-9(13)6-10(16-11)14-7-12(8-17)4-2-3-5-12/h6,17H,2-5,7-8H2,1H3,(H3,13,14,15,16). The van der Waals surface area contributed by atoms with Gasteiger partial charge in [-0.1, -0.05) is 24.6 Å². The third-order valence-electron chi connectivity index (χ3n) is 3.55. The molecule has 0 amide bonds. The minimum absolute atomic E-state index is 0.0131. The SMILES string of the molecule is CSc1nc(N)cc(NCC2(CO)CCCC2)n1. The monoisotopic (exact) mass is 268 g/mol. The van der Waals surface area contributed by atoms with Crippen molar-refractivity contribution in [2.24, 2.45) is 5.41 Å². The van der Waals surface area contributed by atoms with Gasteiger partial charge in [0.1, 0.15) is 11.6 Å². The maximum Gasteiger partial charge on any atom is 0.191 e. The highest BCUT2D eigenvalue weighted by molar-refractivity contribution is 7.98. The van der Waals surface area contributed by atoms with Gasteiger partial charge in [0, 0.05) is 18.0 Å². The first-order chi connectivity index (χ1) is 8.67. The smallest absolute Gasteiger partial charge is 0.191 e. The van der Waals surface area contributed by atoms with Crippen molar-refractivity contribution in [1.82, 2.24) is 9.97 Å². The van der Waals surface area contributed by atoms with E-state index in [4.69, 9.17) is 5.73 Å². The van der Waals surface area contributed by atoms with Gasteiger partial charge in [-0.3, -0.25) is 0 Å². The number of nitrogen functional groups attached to an aromatic ring is 1. The van der Waals surface area contributed by atoms with Gasteiger partial charge >= 0.3 is 0 Å². The first-order valence-electron chi connectivity index (χ1n) is 6.21. The Bertz CT molecular complexity index is 407. The summed E-state index contributed by atoms with van der Waals surface area (Å²) in [6, 6.07) is 1.74. The molecule has 1 aromatic heterocycles. The van der Waals surface area contributed by atoms with Crippen molar-refractivity contribution in [2.45, 2.75) is 30.8 Å². The molecule has 0 bridgehead atoms. The Hall–Kier alpha value is -1.01. The fourth-order valence-electron chi connectivity index (χ4n) is 2.42. The molecule has 100 valence electrons. The highest BCUT2D eigenvalue weighted by Gasteiger charge is 2.32. The Morgan fingerprint density at radius 1 is 1.44 bits per heavy atom. The number of nitrogens with one attached hydrogen (secondary N) is 1. The summed E-state index contributed by atoms with van der Waals surface area (Å²) in [4.78, 5) is 8.47. The topological polar surface area (TPSA) is 84.1 Å². The van der Waals surface area contributed by atoms with Gasteiger partial charge in [0.05, 0.1) is 6.61 Å². The predicted octanol–water partition coefficient (Wildman–Crippen LogP) is 1.75. The van der Waals surface area contributed by atoms with E-state index in [9.17, 15) is 5.11 Å². The average molecular weight is 268 g/mol. The van der Waals surface area contributed by atoms with E-state index in [2.05, 4.69) is 15.3 Å². The van der Waals surface area contributed by atoms with E-state index in [-0.39, 0.29) is 12.0 Å². The molecular formula is C12H20N4OS. The zero-order valence-electron chi connectivity index (χ0n) is 10.6. The Labute approximate surface area is 112 Å². The summed E-state index contributed by atoms with van der Waals surface area (Å²) in [6.45, 7) is 0.976. The van der Waals surface area contributed by atoms with Crippen LogP contribution in [0.4, 0.5) is 11.6 Å². The Morgan fingerprint density at radius 3 is 2.78 bits per heavy atom. The Balaban J connectivity index is 2.03. The molecule has 1 aromatic rings. The van der Waals surface area contributed by atoms with Crippen molar-refractivity contribution in [3.8, 4) is 0 Å². The highest BCUT2D eigenvalue weighted by atomic mass is 32.2. The van der Waals surface area contributed by atoms with Crippen LogP contribution in [0.5, 0.6) is 0 Å². The van der Waals surface area contributed by atoms with Gasteiger partial charge in [-0.15, -0.1) is 0 Å². The van der Waals surface area contributed by atoms with E-state index in [1.165, 1.54) is 24.6 Å². The third kappa shape index (κ3) is 3.05. The van der Waals surface area contributed by atoms with Crippen LogP contribution >= 0.6 is 11.8 Å². The molecule has 1 fully saturated rings. The molecule has 6 heteroatoms. The number of hydrogen-bond acceptors (Lipinski definition) is 6. The number of hydrogen-bond donors (Lipinski definition) is 3. The zero-order valence-corrected chi connectivity index (χ0v) is 11.5. The first kappa shape index (κ1) is 13.4. The highest BCUT2D eigenvalue weighted by Crippen LogP contribution is 2.37. The van der Waals surface area contributed by atoms with Crippen LogP contribution in [-0.2, 0) is 0 Å². The molecule has 0 saturated heterocycles. The molecule has 0 atom stereocenters.